The van der Waals surface area contributed by atoms with Gasteiger partial charge >= 0.3 is 12.1 Å². The van der Waals surface area contributed by atoms with Crippen LogP contribution in [0.25, 0.3) is 0 Å². The summed E-state index contributed by atoms with van der Waals surface area (Å²) >= 11 is 3.85. The maximum absolute atomic E-state index is 12.8. The predicted octanol–water partition coefficient (Wildman–Crippen LogP) is 2.92. The van der Waals surface area contributed by atoms with Gasteiger partial charge in [-0.1, -0.05) is 35.2 Å². The molecule has 2 atom stereocenters. The van der Waals surface area contributed by atoms with Gasteiger partial charge < -0.3 is 15.2 Å². The number of thioether (sulfide) groups is 2. The van der Waals surface area contributed by atoms with Crippen LogP contribution in [0, 0.1) is 0 Å². The van der Waals surface area contributed by atoms with Crippen LogP contribution >= 0.6 is 34.9 Å². The average Bonchev–Trinajstić information content (AvgIpc) is 3.30. The molecule has 0 saturated carbocycles. The van der Waals surface area contributed by atoms with Crippen LogP contribution in [0.1, 0.15) is 26.3 Å². The number of nitrogens with one attached hydrogen (secondary N) is 2. The Labute approximate surface area is 219 Å². The number of nitrogens with zero attached hydrogens (tertiary/aromatic N) is 3. The minimum absolute atomic E-state index is 0.0215. The third-order valence-electron chi connectivity index (χ3n) is 4.97. The van der Waals surface area contributed by atoms with Gasteiger partial charge in [0.2, 0.25) is 5.91 Å². The van der Waals surface area contributed by atoms with Crippen molar-refractivity contribution in [1.29, 1.82) is 0 Å². The van der Waals surface area contributed by atoms with Gasteiger partial charge in [0.15, 0.2) is 4.34 Å². The Bertz CT molecular complexity index is 1210. The Balaban J connectivity index is 1.34. The first kappa shape index (κ1) is 26.0. The molecule has 2 aliphatic rings. The molecule has 36 heavy (non-hydrogen) atoms. The molecular weight excluding hydrogens is 526 g/mol. The fourth-order valence-corrected chi connectivity index (χ4v) is 6.64. The van der Waals surface area contributed by atoms with Crippen molar-refractivity contribution in [3.05, 3.63) is 45.9 Å². The number of fused-ring (bicyclic) bond motifs is 1. The number of aliphatic carboxylic acids is 1. The van der Waals surface area contributed by atoms with Crippen molar-refractivity contribution in [2.75, 3.05) is 11.1 Å². The van der Waals surface area contributed by atoms with E-state index in [1.807, 2.05) is 0 Å². The summed E-state index contributed by atoms with van der Waals surface area (Å²) in [7, 11) is 0. The van der Waals surface area contributed by atoms with Crippen LogP contribution < -0.4 is 10.6 Å². The number of aromatic nitrogens is 2. The molecule has 14 heteroatoms. The monoisotopic (exact) mass is 549 g/mol. The fraction of sp³-hybridized carbons (Fsp3) is 0.364. The number of hydrogen-bond donors (Lipinski definition) is 3. The largest absolute Gasteiger partial charge is 0.477 e. The molecule has 3 heterocycles. The van der Waals surface area contributed by atoms with Crippen molar-refractivity contribution in [1.82, 2.24) is 20.4 Å². The van der Waals surface area contributed by atoms with Gasteiger partial charge in [-0.2, -0.15) is 0 Å². The molecule has 0 aliphatic carbocycles. The Morgan fingerprint density at radius 1 is 1.25 bits per heavy atom. The van der Waals surface area contributed by atoms with Gasteiger partial charge in [0.1, 0.15) is 28.2 Å². The van der Waals surface area contributed by atoms with E-state index in [4.69, 9.17) is 4.74 Å². The molecule has 3 N–H and O–H groups in total. The van der Waals surface area contributed by atoms with Crippen LogP contribution in [0.2, 0.25) is 0 Å². The molecule has 11 nitrogen and oxygen atoms in total. The average molecular weight is 550 g/mol. The highest BCUT2D eigenvalue weighted by molar-refractivity contribution is 8.07. The highest BCUT2D eigenvalue weighted by Crippen LogP contribution is 2.45. The van der Waals surface area contributed by atoms with E-state index in [1.54, 1.807) is 50.5 Å². The number of rotatable bonds is 7. The van der Waals surface area contributed by atoms with Gasteiger partial charge in [-0.3, -0.25) is 19.8 Å². The Morgan fingerprint density at radius 3 is 2.58 bits per heavy atom. The topological polar surface area (TPSA) is 151 Å². The van der Waals surface area contributed by atoms with Crippen LogP contribution in [-0.2, 0) is 25.5 Å². The molecule has 2 aromatic rings. The Kier molecular flexibility index (Phi) is 7.57. The molecule has 1 aromatic heterocycles. The second kappa shape index (κ2) is 10.5. The first-order valence-corrected chi connectivity index (χ1v) is 13.5. The smallest absolute Gasteiger partial charge is 0.412 e. The summed E-state index contributed by atoms with van der Waals surface area (Å²) in [4.78, 5) is 51.0. The molecule has 0 spiro atoms. The summed E-state index contributed by atoms with van der Waals surface area (Å²) in [5, 5.41) is 22.3. The fourth-order valence-electron chi connectivity index (χ4n) is 3.52. The summed E-state index contributed by atoms with van der Waals surface area (Å²) in [6.45, 7) is 5.30. The lowest BCUT2D eigenvalue weighted by Crippen LogP contribution is -2.70. The number of carboxylic acid groups (broad SMARTS) is 1. The molecular formula is C22H23N5O6S3. The number of carbonyl (C=O) groups excluding carboxylic acids is 3. The number of ether oxygens (including phenoxy) is 1. The van der Waals surface area contributed by atoms with Gasteiger partial charge in [0.05, 0.1) is 6.42 Å². The summed E-state index contributed by atoms with van der Waals surface area (Å²) < 4.78 is 5.80. The van der Waals surface area contributed by atoms with Crippen LogP contribution in [0.3, 0.4) is 0 Å². The standard InChI is InChI=1S/C22H23N5O6S3/c1-22(2,3)33-20(32)24-12-6-4-11(5-7-12)8-14(28)25-15-17(29)27-16(19(30)31)13(9-34-18(15)27)36-21-26-23-10-35-21/h4-7,10,15,18H,8-9H2,1-3H3,(H,24,32)(H,25,28)(H,30,31)/t15-,18+/m1/s1. The number of anilines is 1. The number of β-lactam (4-membered cyclic amide) rings is 1. The lowest BCUT2D eigenvalue weighted by molar-refractivity contribution is -0.150. The minimum atomic E-state index is -1.20. The maximum Gasteiger partial charge on any atom is 0.412 e. The third-order valence-corrected chi connectivity index (χ3v) is 8.29. The van der Waals surface area contributed by atoms with Crippen LogP contribution in [0.15, 0.2) is 44.7 Å². The van der Waals surface area contributed by atoms with Gasteiger partial charge in [0, 0.05) is 16.3 Å². The molecule has 0 unspecified atom stereocenters. The SMILES string of the molecule is CC(C)(C)OC(=O)Nc1ccc(CC(=O)N[C@@H]2C(=O)N3C(C(=O)O)=C(Sc4nncs4)CS[C@@H]23)cc1. The zero-order valence-electron chi connectivity index (χ0n) is 19.5. The number of benzene rings is 1. The van der Waals surface area contributed by atoms with Crippen molar-refractivity contribution in [2.45, 2.75) is 48.5 Å². The summed E-state index contributed by atoms with van der Waals surface area (Å²) in [6, 6.07) is 5.89. The summed E-state index contributed by atoms with van der Waals surface area (Å²) in [5.41, 5.74) is 2.06. The second-order valence-electron chi connectivity index (χ2n) is 8.84. The van der Waals surface area contributed by atoms with Crippen LogP contribution in [0.4, 0.5) is 10.5 Å². The van der Waals surface area contributed by atoms with Crippen molar-refractivity contribution in [3.63, 3.8) is 0 Å². The second-order valence-corrected chi connectivity index (χ2v) is 12.1. The van der Waals surface area contributed by atoms with E-state index in [-0.39, 0.29) is 18.0 Å². The van der Waals surface area contributed by atoms with Crippen molar-refractivity contribution in [2.24, 2.45) is 0 Å². The number of amides is 3. The van der Waals surface area contributed by atoms with Gasteiger partial charge in [-0.05, 0) is 38.5 Å². The Hall–Kier alpha value is -3.10. The van der Waals surface area contributed by atoms with Gasteiger partial charge in [-0.25, -0.2) is 9.59 Å². The summed E-state index contributed by atoms with van der Waals surface area (Å²) in [6.07, 6.45) is -0.557. The van der Waals surface area contributed by atoms with E-state index in [9.17, 15) is 24.3 Å². The van der Waals surface area contributed by atoms with E-state index in [2.05, 4.69) is 20.8 Å². The van der Waals surface area contributed by atoms with Crippen LogP contribution in [0.5, 0.6) is 0 Å². The molecule has 190 valence electrons. The molecule has 1 saturated heterocycles. The molecule has 2 aliphatic heterocycles. The molecule has 0 radical (unpaired) electrons. The molecule has 1 fully saturated rings. The quantitative estimate of drug-likeness (QED) is 0.440. The first-order chi connectivity index (χ1) is 17.0. The van der Waals surface area contributed by atoms with Gasteiger partial charge in [-0.15, -0.1) is 22.0 Å². The molecule has 3 amide bonds. The highest BCUT2D eigenvalue weighted by atomic mass is 32.2. The highest BCUT2D eigenvalue weighted by Gasteiger charge is 2.54. The predicted molar refractivity (Wildman–Crippen MR) is 135 cm³/mol. The zero-order chi connectivity index (χ0) is 26.0. The molecule has 1 aromatic carbocycles. The molecule has 4 rings (SSSR count). The lowest BCUT2D eigenvalue weighted by atomic mass is 10.0. The molecule has 0 bridgehead atoms. The van der Waals surface area contributed by atoms with Crippen molar-refractivity contribution < 1.29 is 29.0 Å². The number of carbonyl (C=O) groups is 4. The van der Waals surface area contributed by atoms with Crippen LogP contribution in [-0.4, -0.2) is 66.9 Å². The maximum atomic E-state index is 12.8. The van der Waals surface area contributed by atoms with E-state index in [0.29, 0.717) is 26.2 Å². The third kappa shape index (κ3) is 5.99. The number of hydrogen-bond acceptors (Lipinski definition) is 10. The van der Waals surface area contributed by atoms with E-state index >= 15 is 0 Å². The number of carboxylic acids is 1. The van der Waals surface area contributed by atoms with Crippen molar-refractivity contribution in [3.8, 4) is 0 Å². The first-order valence-electron chi connectivity index (χ1n) is 10.8. The Morgan fingerprint density at radius 2 is 1.97 bits per heavy atom. The van der Waals surface area contributed by atoms with E-state index < -0.39 is 35.0 Å². The van der Waals surface area contributed by atoms with E-state index in [1.165, 1.54) is 39.8 Å². The normalized spacial score (nSPS) is 19.3. The minimum Gasteiger partial charge on any atom is -0.477 e. The van der Waals surface area contributed by atoms with Crippen molar-refractivity contribution >= 4 is 64.4 Å². The summed E-state index contributed by atoms with van der Waals surface area (Å²) in [5.74, 6) is -1.66. The van der Waals surface area contributed by atoms with Gasteiger partial charge in [0.25, 0.3) is 5.91 Å². The zero-order valence-corrected chi connectivity index (χ0v) is 22.0. The lowest BCUT2D eigenvalue weighted by Gasteiger charge is -2.49. The van der Waals surface area contributed by atoms with E-state index in [0.717, 1.165) is 0 Å².